The van der Waals surface area contributed by atoms with Gasteiger partial charge in [-0.3, -0.25) is 0 Å². The number of hydrogen-bond donors (Lipinski definition) is 2. The van der Waals surface area contributed by atoms with E-state index < -0.39 is 0 Å². The van der Waals surface area contributed by atoms with E-state index in [0.717, 1.165) is 25.6 Å². The van der Waals surface area contributed by atoms with Gasteiger partial charge in [-0.25, -0.2) is 0 Å². The summed E-state index contributed by atoms with van der Waals surface area (Å²) in [7, 11) is 0. The number of hydrogen-bond acceptors (Lipinski definition) is 2. The zero-order valence-electron chi connectivity index (χ0n) is 10.8. The zero-order valence-corrected chi connectivity index (χ0v) is 10.8. The first kappa shape index (κ1) is 11.1. The summed E-state index contributed by atoms with van der Waals surface area (Å²) >= 11 is 0. The number of benzene rings is 1. The predicted molar refractivity (Wildman–Crippen MR) is 72.2 cm³/mol. The van der Waals surface area contributed by atoms with E-state index in [4.69, 9.17) is 0 Å². The molecular weight excluding hydrogens is 208 g/mol. The molecule has 2 N–H and O–H groups in total. The summed E-state index contributed by atoms with van der Waals surface area (Å²) in [5.74, 6) is 0.882. The second-order valence-corrected chi connectivity index (χ2v) is 6.15. The van der Waals surface area contributed by atoms with Gasteiger partial charge in [0.25, 0.3) is 0 Å². The van der Waals surface area contributed by atoms with Crippen LogP contribution < -0.4 is 10.6 Å². The summed E-state index contributed by atoms with van der Waals surface area (Å²) in [5.41, 5.74) is 4.88. The molecule has 1 saturated carbocycles. The van der Waals surface area contributed by atoms with Crippen molar-refractivity contribution in [2.45, 2.75) is 33.2 Å². The molecule has 1 atom stereocenters. The summed E-state index contributed by atoms with van der Waals surface area (Å²) in [6.07, 6.45) is 2.56. The number of anilines is 1. The molecule has 1 aliphatic carbocycles. The van der Waals surface area contributed by atoms with Gasteiger partial charge < -0.3 is 10.6 Å². The molecule has 1 heterocycles. The van der Waals surface area contributed by atoms with Crippen molar-refractivity contribution < 1.29 is 0 Å². The Morgan fingerprint density at radius 1 is 1.41 bits per heavy atom. The Labute approximate surface area is 104 Å². The van der Waals surface area contributed by atoms with Crippen molar-refractivity contribution in [1.82, 2.24) is 5.32 Å². The smallest absolute Gasteiger partial charge is 0.0419 e. The van der Waals surface area contributed by atoms with Gasteiger partial charge in [0.15, 0.2) is 0 Å². The Bertz CT molecular complexity index is 423. The Morgan fingerprint density at radius 3 is 3.00 bits per heavy atom. The van der Waals surface area contributed by atoms with E-state index in [1.807, 2.05) is 0 Å². The van der Waals surface area contributed by atoms with Crippen molar-refractivity contribution >= 4 is 5.69 Å². The molecule has 0 amide bonds. The summed E-state index contributed by atoms with van der Waals surface area (Å²) < 4.78 is 0. The number of rotatable bonds is 4. The highest BCUT2D eigenvalue weighted by Crippen LogP contribution is 2.51. The quantitative estimate of drug-likeness (QED) is 0.831. The van der Waals surface area contributed by atoms with Gasteiger partial charge in [0.1, 0.15) is 0 Å². The van der Waals surface area contributed by atoms with Crippen molar-refractivity contribution in [3.8, 4) is 0 Å². The zero-order chi connectivity index (χ0) is 11.9. The average Bonchev–Trinajstić information content (AvgIpc) is 2.75. The van der Waals surface area contributed by atoms with E-state index in [2.05, 4.69) is 42.7 Å². The maximum atomic E-state index is 3.61. The highest BCUT2D eigenvalue weighted by molar-refractivity contribution is 5.61. The lowest BCUT2D eigenvalue weighted by atomic mass is 10.1. The van der Waals surface area contributed by atoms with Crippen LogP contribution in [0.2, 0.25) is 0 Å². The van der Waals surface area contributed by atoms with E-state index in [1.54, 1.807) is 0 Å². The molecular formula is C15H22N2. The van der Waals surface area contributed by atoms with Crippen LogP contribution in [0.5, 0.6) is 0 Å². The van der Waals surface area contributed by atoms with Crippen LogP contribution in [0.15, 0.2) is 18.2 Å². The number of fused-ring (bicyclic) bond motifs is 1. The third kappa shape index (κ3) is 2.19. The standard InChI is InChI=1S/C15H22N2/c1-15(2)8-13(15)10-16-9-12-5-3-4-11-6-7-17-14(11)12/h3-5,13,16-17H,6-10H2,1-2H3. The molecule has 0 saturated heterocycles. The van der Waals surface area contributed by atoms with Crippen LogP contribution >= 0.6 is 0 Å². The van der Waals surface area contributed by atoms with Crippen molar-refractivity contribution in [3.05, 3.63) is 29.3 Å². The van der Waals surface area contributed by atoms with Gasteiger partial charge in [0, 0.05) is 18.8 Å². The lowest BCUT2D eigenvalue weighted by Gasteiger charge is -2.10. The van der Waals surface area contributed by atoms with E-state index in [0.29, 0.717) is 5.41 Å². The molecule has 3 rings (SSSR count). The second-order valence-electron chi connectivity index (χ2n) is 6.15. The first-order valence-electron chi connectivity index (χ1n) is 6.72. The van der Waals surface area contributed by atoms with E-state index in [1.165, 1.54) is 29.7 Å². The van der Waals surface area contributed by atoms with E-state index in [-0.39, 0.29) is 0 Å². The third-order valence-electron chi connectivity index (χ3n) is 4.36. The van der Waals surface area contributed by atoms with Crippen LogP contribution in [0.25, 0.3) is 0 Å². The maximum absolute atomic E-state index is 3.61. The van der Waals surface area contributed by atoms with Crippen LogP contribution in [-0.4, -0.2) is 13.1 Å². The monoisotopic (exact) mass is 230 g/mol. The molecule has 2 aliphatic rings. The van der Waals surface area contributed by atoms with Crippen molar-refractivity contribution in [2.24, 2.45) is 11.3 Å². The van der Waals surface area contributed by atoms with Gasteiger partial charge in [0.05, 0.1) is 0 Å². The highest BCUT2D eigenvalue weighted by atomic mass is 14.9. The Hall–Kier alpha value is -1.02. The number of para-hydroxylation sites is 1. The molecule has 1 fully saturated rings. The molecule has 0 radical (unpaired) electrons. The van der Waals surface area contributed by atoms with Crippen LogP contribution in [0.1, 0.15) is 31.4 Å². The molecule has 1 aromatic carbocycles. The fourth-order valence-corrected chi connectivity index (χ4v) is 2.86. The minimum absolute atomic E-state index is 0.587. The molecule has 92 valence electrons. The van der Waals surface area contributed by atoms with Crippen molar-refractivity contribution in [1.29, 1.82) is 0 Å². The molecule has 1 unspecified atom stereocenters. The van der Waals surface area contributed by atoms with Crippen molar-refractivity contribution in [3.63, 3.8) is 0 Å². The molecule has 1 aliphatic heterocycles. The van der Waals surface area contributed by atoms with Gasteiger partial charge in [-0.1, -0.05) is 32.0 Å². The summed E-state index contributed by atoms with van der Waals surface area (Å²) in [6, 6.07) is 6.66. The largest absolute Gasteiger partial charge is 0.384 e. The van der Waals surface area contributed by atoms with Gasteiger partial charge in [-0.2, -0.15) is 0 Å². The molecule has 2 nitrogen and oxygen atoms in total. The van der Waals surface area contributed by atoms with Crippen molar-refractivity contribution in [2.75, 3.05) is 18.4 Å². The normalized spacial score (nSPS) is 24.2. The first-order chi connectivity index (χ1) is 8.17. The maximum Gasteiger partial charge on any atom is 0.0419 e. The molecule has 1 aromatic rings. The fraction of sp³-hybridized carbons (Fsp3) is 0.600. The third-order valence-corrected chi connectivity index (χ3v) is 4.36. The summed E-state index contributed by atoms with van der Waals surface area (Å²) in [6.45, 7) is 7.99. The van der Waals surface area contributed by atoms with Gasteiger partial charge in [0.2, 0.25) is 0 Å². The van der Waals surface area contributed by atoms with Crippen LogP contribution in [0.4, 0.5) is 5.69 Å². The summed E-state index contributed by atoms with van der Waals surface area (Å²) in [4.78, 5) is 0. The predicted octanol–water partition coefficient (Wildman–Crippen LogP) is 2.79. The molecule has 17 heavy (non-hydrogen) atoms. The van der Waals surface area contributed by atoms with Crippen LogP contribution in [-0.2, 0) is 13.0 Å². The molecule has 0 spiro atoms. The SMILES string of the molecule is CC1(C)CC1CNCc1cccc2c1NCC2. The average molecular weight is 230 g/mol. The number of nitrogens with one attached hydrogen (secondary N) is 2. The van der Waals surface area contributed by atoms with Gasteiger partial charge in [-0.05, 0) is 41.8 Å². The lowest BCUT2D eigenvalue weighted by Crippen LogP contribution is -2.18. The van der Waals surface area contributed by atoms with Crippen LogP contribution in [0, 0.1) is 11.3 Å². The minimum atomic E-state index is 0.587. The highest BCUT2D eigenvalue weighted by Gasteiger charge is 2.44. The lowest BCUT2D eigenvalue weighted by molar-refractivity contribution is 0.520. The second kappa shape index (κ2) is 4.02. The summed E-state index contributed by atoms with van der Waals surface area (Å²) in [5, 5.41) is 7.11. The minimum Gasteiger partial charge on any atom is -0.384 e. The molecule has 2 heteroatoms. The van der Waals surface area contributed by atoms with Crippen LogP contribution in [0.3, 0.4) is 0 Å². The Morgan fingerprint density at radius 2 is 2.24 bits per heavy atom. The van der Waals surface area contributed by atoms with E-state index in [9.17, 15) is 0 Å². The van der Waals surface area contributed by atoms with Gasteiger partial charge in [-0.15, -0.1) is 0 Å². The first-order valence-corrected chi connectivity index (χ1v) is 6.72. The van der Waals surface area contributed by atoms with Gasteiger partial charge >= 0.3 is 0 Å². The molecule has 0 bridgehead atoms. The Kier molecular flexibility index (Phi) is 2.62. The fourth-order valence-electron chi connectivity index (χ4n) is 2.86. The van der Waals surface area contributed by atoms with E-state index >= 15 is 0 Å². The Balaban J connectivity index is 1.57. The molecule has 0 aromatic heterocycles. The topological polar surface area (TPSA) is 24.1 Å².